The zero-order valence-electron chi connectivity index (χ0n) is 11.4. The maximum Gasteiger partial charge on any atom is 0.195 e. The molecule has 2 aromatic rings. The summed E-state index contributed by atoms with van der Waals surface area (Å²) in [4.78, 5) is 12.5. The summed E-state index contributed by atoms with van der Waals surface area (Å²) in [6.07, 6.45) is 1.27. The van der Waals surface area contributed by atoms with Crippen LogP contribution in [0.5, 0.6) is 0 Å². The van der Waals surface area contributed by atoms with E-state index >= 15 is 0 Å². The molecule has 0 aliphatic carbocycles. The highest BCUT2D eigenvalue weighted by molar-refractivity contribution is 6.30. The number of nitriles is 2. The maximum atomic E-state index is 12.5. The van der Waals surface area contributed by atoms with Gasteiger partial charge < -0.3 is 5.32 Å². The summed E-state index contributed by atoms with van der Waals surface area (Å²) in [5.74, 6) is -0.177. The van der Waals surface area contributed by atoms with E-state index in [0.29, 0.717) is 21.8 Å². The van der Waals surface area contributed by atoms with Gasteiger partial charge in [0, 0.05) is 28.0 Å². The second-order valence-electron chi connectivity index (χ2n) is 4.31. The number of nitrogens with one attached hydrogen (secondary N) is 1. The van der Waals surface area contributed by atoms with Gasteiger partial charge in [-0.15, -0.1) is 0 Å². The highest BCUT2D eigenvalue weighted by Gasteiger charge is 2.12. The minimum atomic E-state index is -0.177. The van der Waals surface area contributed by atoms with Crippen LogP contribution in [-0.2, 0) is 0 Å². The molecule has 2 rings (SSSR count). The molecule has 0 saturated heterocycles. The van der Waals surface area contributed by atoms with Gasteiger partial charge in [0.2, 0.25) is 0 Å². The molecule has 0 spiro atoms. The highest BCUT2D eigenvalue weighted by Crippen LogP contribution is 2.20. The number of halogens is 1. The van der Waals surface area contributed by atoms with Crippen LogP contribution in [0.15, 0.2) is 60.3 Å². The van der Waals surface area contributed by atoms with E-state index in [0.717, 1.165) is 0 Å². The van der Waals surface area contributed by atoms with E-state index in [1.54, 1.807) is 60.7 Å². The second kappa shape index (κ2) is 7.08. The van der Waals surface area contributed by atoms with E-state index in [1.807, 2.05) is 0 Å². The monoisotopic (exact) mass is 307 g/mol. The number of para-hydroxylation sites is 1. The van der Waals surface area contributed by atoms with Gasteiger partial charge in [0.15, 0.2) is 5.78 Å². The lowest BCUT2D eigenvalue weighted by Gasteiger charge is -2.08. The van der Waals surface area contributed by atoms with Crippen molar-refractivity contribution in [3.05, 3.63) is 76.5 Å². The number of nitrogens with zero attached hydrogens (tertiary/aromatic N) is 2. The number of benzene rings is 2. The third-order valence-corrected chi connectivity index (χ3v) is 3.14. The predicted octanol–water partition coefficient (Wildman–Crippen LogP) is 3.91. The number of rotatable bonds is 4. The zero-order valence-corrected chi connectivity index (χ0v) is 12.1. The van der Waals surface area contributed by atoms with Gasteiger partial charge in [0.05, 0.1) is 0 Å². The Morgan fingerprint density at radius 2 is 1.68 bits per heavy atom. The fourth-order valence-electron chi connectivity index (χ4n) is 1.80. The van der Waals surface area contributed by atoms with Crippen LogP contribution in [0.1, 0.15) is 15.9 Å². The Kier molecular flexibility index (Phi) is 4.93. The Labute approximate surface area is 132 Å². The molecule has 4 nitrogen and oxygen atoms in total. The van der Waals surface area contributed by atoms with Crippen LogP contribution in [0.25, 0.3) is 0 Å². The molecule has 1 N–H and O–H groups in total. The summed E-state index contributed by atoms with van der Waals surface area (Å²) >= 11 is 5.82. The first-order chi connectivity index (χ1) is 10.7. The van der Waals surface area contributed by atoms with Crippen molar-refractivity contribution in [1.29, 1.82) is 10.5 Å². The van der Waals surface area contributed by atoms with Crippen LogP contribution in [0.4, 0.5) is 5.69 Å². The summed E-state index contributed by atoms with van der Waals surface area (Å²) in [6.45, 7) is 0. The molecule has 0 unspecified atom stereocenters. The molecule has 5 heteroatoms. The second-order valence-corrected chi connectivity index (χ2v) is 4.74. The van der Waals surface area contributed by atoms with Crippen molar-refractivity contribution in [2.75, 3.05) is 5.32 Å². The first-order valence-corrected chi connectivity index (χ1v) is 6.69. The average Bonchev–Trinajstić information content (AvgIpc) is 2.56. The molecule has 0 heterocycles. The smallest absolute Gasteiger partial charge is 0.195 e. The summed E-state index contributed by atoms with van der Waals surface area (Å²) < 4.78 is 0. The average molecular weight is 308 g/mol. The fraction of sp³-hybridized carbons (Fsp3) is 0. The van der Waals surface area contributed by atoms with Crippen LogP contribution in [0.2, 0.25) is 5.02 Å². The van der Waals surface area contributed by atoms with Crippen LogP contribution in [0, 0.1) is 22.7 Å². The molecule has 0 bridgehead atoms. The third kappa shape index (κ3) is 3.52. The molecular weight excluding hydrogens is 298 g/mol. The Morgan fingerprint density at radius 1 is 1.05 bits per heavy atom. The highest BCUT2D eigenvalue weighted by atomic mass is 35.5. The van der Waals surface area contributed by atoms with E-state index in [9.17, 15) is 4.79 Å². The first-order valence-electron chi connectivity index (χ1n) is 6.32. The van der Waals surface area contributed by atoms with Crippen molar-refractivity contribution in [2.24, 2.45) is 0 Å². The molecule has 106 valence electrons. The Morgan fingerprint density at radius 3 is 2.32 bits per heavy atom. The lowest BCUT2D eigenvalue weighted by atomic mass is 10.0. The summed E-state index contributed by atoms with van der Waals surface area (Å²) in [6, 6.07) is 17.0. The van der Waals surface area contributed by atoms with Crippen molar-refractivity contribution >= 4 is 23.1 Å². The number of ketones is 1. The van der Waals surface area contributed by atoms with Gasteiger partial charge in [-0.1, -0.05) is 23.7 Å². The minimum Gasteiger partial charge on any atom is -0.359 e. The number of hydrogen-bond donors (Lipinski definition) is 1. The van der Waals surface area contributed by atoms with Crippen molar-refractivity contribution in [3.8, 4) is 12.1 Å². The van der Waals surface area contributed by atoms with Gasteiger partial charge in [-0.2, -0.15) is 10.5 Å². The maximum absolute atomic E-state index is 12.5. The van der Waals surface area contributed by atoms with Crippen molar-refractivity contribution < 1.29 is 4.79 Å². The van der Waals surface area contributed by atoms with E-state index in [4.69, 9.17) is 22.1 Å². The zero-order chi connectivity index (χ0) is 15.9. The van der Waals surface area contributed by atoms with Crippen LogP contribution in [-0.4, -0.2) is 5.78 Å². The number of carbonyl (C=O) groups is 1. The molecule has 0 radical (unpaired) electrons. The van der Waals surface area contributed by atoms with E-state index < -0.39 is 0 Å². The SMILES string of the molecule is N#CC(C#N)=CNc1ccccc1C(=O)c1ccc(Cl)cc1. The number of carbonyl (C=O) groups excluding carboxylic acids is 1. The molecule has 0 fully saturated rings. The van der Waals surface area contributed by atoms with Gasteiger partial charge in [-0.3, -0.25) is 4.79 Å². The topological polar surface area (TPSA) is 76.7 Å². The Hall–Kier alpha value is -3.08. The molecule has 0 atom stereocenters. The van der Waals surface area contributed by atoms with Crippen molar-refractivity contribution in [3.63, 3.8) is 0 Å². The lowest BCUT2D eigenvalue weighted by Crippen LogP contribution is -2.05. The molecule has 2 aromatic carbocycles. The largest absolute Gasteiger partial charge is 0.359 e. The van der Waals surface area contributed by atoms with Gasteiger partial charge >= 0.3 is 0 Å². The summed E-state index contributed by atoms with van der Waals surface area (Å²) in [7, 11) is 0. The van der Waals surface area contributed by atoms with Crippen LogP contribution in [0.3, 0.4) is 0 Å². The van der Waals surface area contributed by atoms with Gasteiger partial charge in [-0.05, 0) is 36.4 Å². The van der Waals surface area contributed by atoms with Gasteiger partial charge in [0.1, 0.15) is 17.7 Å². The number of allylic oxidation sites excluding steroid dienone is 1. The Balaban J connectivity index is 2.35. The van der Waals surface area contributed by atoms with Gasteiger partial charge in [0.25, 0.3) is 0 Å². The Bertz CT molecular complexity index is 795. The molecule has 22 heavy (non-hydrogen) atoms. The van der Waals surface area contributed by atoms with E-state index in [2.05, 4.69) is 5.32 Å². The molecule has 0 aliphatic rings. The quantitative estimate of drug-likeness (QED) is 0.686. The van der Waals surface area contributed by atoms with Crippen LogP contribution < -0.4 is 5.32 Å². The molecule has 0 aromatic heterocycles. The van der Waals surface area contributed by atoms with Crippen LogP contribution >= 0.6 is 11.6 Å². The predicted molar refractivity (Wildman–Crippen MR) is 84.3 cm³/mol. The lowest BCUT2D eigenvalue weighted by molar-refractivity contribution is 0.103. The fourth-order valence-corrected chi connectivity index (χ4v) is 1.93. The molecular formula is C17H10ClN3O. The third-order valence-electron chi connectivity index (χ3n) is 2.89. The molecule has 0 amide bonds. The standard InChI is InChI=1S/C17H10ClN3O/c18-14-7-5-13(6-8-14)17(22)15-3-1-2-4-16(15)21-11-12(9-19)10-20/h1-8,11,21H. The summed E-state index contributed by atoms with van der Waals surface area (Å²) in [5.41, 5.74) is 1.39. The molecule has 0 aliphatic heterocycles. The van der Waals surface area contributed by atoms with Crippen molar-refractivity contribution in [1.82, 2.24) is 0 Å². The number of hydrogen-bond acceptors (Lipinski definition) is 4. The molecule has 0 saturated carbocycles. The van der Waals surface area contributed by atoms with E-state index in [-0.39, 0.29) is 11.4 Å². The van der Waals surface area contributed by atoms with E-state index in [1.165, 1.54) is 6.20 Å². The summed E-state index contributed by atoms with van der Waals surface area (Å²) in [5, 5.41) is 20.8. The normalized spacial score (nSPS) is 9.23. The number of anilines is 1. The van der Waals surface area contributed by atoms with Gasteiger partial charge in [-0.25, -0.2) is 0 Å². The minimum absolute atomic E-state index is 0.0752. The van der Waals surface area contributed by atoms with Crippen molar-refractivity contribution in [2.45, 2.75) is 0 Å². The first kappa shape index (κ1) is 15.3.